The summed E-state index contributed by atoms with van der Waals surface area (Å²) in [5.74, 6) is -2.16. The van der Waals surface area contributed by atoms with Gasteiger partial charge in [0.05, 0.1) is 0 Å². The van der Waals surface area contributed by atoms with Gasteiger partial charge in [-0.15, -0.1) is 0 Å². The summed E-state index contributed by atoms with van der Waals surface area (Å²) in [6.45, 7) is 0.368. The van der Waals surface area contributed by atoms with Crippen LogP contribution < -0.4 is 16.8 Å². The molecule has 7 heteroatoms. The Labute approximate surface area is 93.2 Å². The number of primary amides is 1. The minimum absolute atomic E-state index is 0.000961. The van der Waals surface area contributed by atoms with Gasteiger partial charge in [-0.05, 0) is 19.4 Å². The van der Waals surface area contributed by atoms with E-state index in [0.717, 1.165) is 0 Å². The van der Waals surface area contributed by atoms with Crippen LogP contribution in [0.2, 0.25) is 0 Å². The molecule has 0 fully saturated rings. The van der Waals surface area contributed by atoms with Crippen LogP contribution in [0.25, 0.3) is 0 Å². The van der Waals surface area contributed by atoms with Gasteiger partial charge in [-0.2, -0.15) is 0 Å². The first-order valence-corrected chi connectivity index (χ1v) is 4.98. The molecule has 1 atom stereocenters. The average Bonchev–Trinajstić information content (AvgIpc) is 2.20. The van der Waals surface area contributed by atoms with Crippen molar-refractivity contribution < 1.29 is 19.5 Å². The number of nitrogens with two attached hydrogens (primary N) is 2. The fraction of sp³-hybridized carbons (Fsp3) is 0.667. The minimum atomic E-state index is -1.18. The number of nitrogens with one attached hydrogen (secondary N) is 1. The van der Waals surface area contributed by atoms with Gasteiger partial charge < -0.3 is 21.9 Å². The minimum Gasteiger partial charge on any atom is -0.480 e. The van der Waals surface area contributed by atoms with Crippen LogP contribution in [-0.4, -0.2) is 35.5 Å². The Morgan fingerprint density at radius 3 is 2.31 bits per heavy atom. The number of carboxylic acid groups (broad SMARTS) is 1. The molecule has 7 nitrogen and oxygen atoms in total. The van der Waals surface area contributed by atoms with E-state index >= 15 is 0 Å². The van der Waals surface area contributed by atoms with Gasteiger partial charge in [0, 0.05) is 12.8 Å². The molecule has 0 radical (unpaired) electrons. The molecule has 0 aliphatic heterocycles. The van der Waals surface area contributed by atoms with Crippen molar-refractivity contribution in [2.24, 2.45) is 11.5 Å². The summed E-state index contributed by atoms with van der Waals surface area (Å²) in [6, 6.07) is -1.07. The zero-order valence-electron chi connectivity index (χ0n) is 8.94. The highest BCUT2D eigenvalue weighted by molar-refractivity contribution is 5.84. The summed E-state index contributed by atoms with van der Waals surface area (Å²) in [7, 11) is 0. The van der Waals surface area contributed by atoms with Crippen LogP contribution in [0.3, 0.4) is 0 Å². The van der Waals surface area contributed by atoms with Crippen molar-refractivity contribution >= 4 is 17.8 Å². The molecule has 0 rings (SSSR count). The summed E-state index contributed by atoms with van der Waals surface area (Å²) in [4.78, 5) is 32.4. The molecule has 0 heterocycles. The Hall–Kier alpha value is -1.63. The fourth-order valence-corrected chi connectivity index (χ4v) is 1.07. The van der Waals surface area contributed by atoms with Crippen LogP contribution >= 0.6 is 0 Å². The smallest absolute Gasteiger partial charge is 0.326 e. The lowest BCUT2D eigenvalue weighted by molar-refractivity contribution is -0.142. The van der Waals surface area contributed by atoms with Gasteiger partial charge in [0.25, 0.3) is 0 Å². The second-order valence-electron chi connectivity index (χ2n) is 3.36. The van der Waals surface area contributed by atoms with Crippen LogP contribution in [0.15, 0.2) is 0 Å². The predicted octanol–water partition coefficient (Wildman–Crippen LogP) is -1.44. The monoisotopic (exact) mass is 231 g/mol. The quantitative estimate of drug-likeness (QED) is 0.405. The SMILES string of the molecule is NCCCC(=O)N[C@@H](CCC(N)=O)C(=O)O. The molecule has 0 spiro atoms. The summed E-state index contributed by atoms with van der Waals surface area (Å²) in [5, 5.41) is 11.1. The lowest BCUT2D eigenvalue weighted by Crippen LogP contribution is -2.41. The highest BCUT2D eigenvalue weighted by Crippen LogP contribution is 1.98. The van der Waals surface area contributed by atoms with E-state index in [1.165, 1.54) is 0 Å². The Kier molecular flexibility index (Phi) is 6.86. The Balaban J connectivity index is 4.07. The highest BCUT2D eigenvalue weighted by atomic mass is 16.4. The number of carboxylic acids is 1. The Morgan fingerprint density at radius 2 is 1.88 bits per heavy atom. The van der Waals surface area contributed by atoms with Crippen LogP contribution in [0.4, 0.5) is 0 Å². The van der Waals surface area contributed by atoms with E-state index in [1.54, 1.807) is 0 Å². The molecule has 0 saturated heterocycles. The highest BCUT2D eigenvalue weighted by Gasteiger charge is 2.19. The van der Waals surface area contributed by atoms with Crippen molar-refractivity contribution in [3.63, 3.8) is 0 Å². The summed E-state index contributed by atoms with van der Waals surface area (Å²) in [5.41, 5.74) is 10.1. The molecule has 2 amide bonds. The molecule has 0 aliphatic carbocycles. The van der Waals surface area contributed by atoms with Crippen molar-refractivity contribution in [3.8, 4) is 0 Å². The first-order valence-electron chi connectivity index (χ1n) is 4.98. The van der Waals surface area contributed by atoms with E-state index in [9.17, 15) is 14.4 Å². The molecule has 0 unspecified atom stereocenters. The number of amides is 2. The van der Waals surface area contributed by atoms with Crippen molar-refractivity contribution in [2.75, 3.05) is 6.54 Å². The first kappa shape index (κ1) is 14.4. The third-order valence-corrected chi connectivity index (χ3v) is 1.92. The molecule has 0 aliphatic rings. The molecule has 0 aromatic rings. The third kappa shape index (κ3) is 6.77. The van der Waals surface area contributed by atoms with Gasteiger partial charge in [-0.3, -0.25) is 9.59 Å². The molecule has 92 valence electrons. The molecule has 0 aromatic carbocycles. The van der Waals surface area contributed by atoms with Crippen molar-refractivity contribution in [3.05, 3.63) is 0 Å². The molecule has 0 aromatic heterocycles. The number of hydrogen-bond donors (Lipinski definition) is 4. The summed E-state index contributed by atoms with van der Waals surface area (Å²) >= 11 is 0. The van der Waals surface area contributed by atoms with E-state index in [0.29, 0.717) is 13.0 Å². The number of carbonyl (C=O) groups is 3. The zero-order valence-corrected chi connectivity index (χ0v) is 8.94. The van der Waals surface area contributed by atoms with Crippen molar-refractivity contribution in [1.29, 1.82) is 0 Å². The Morgan fingerprint density at radius 1 is 1.25 bits per heavy atom. The van der Waals surface area contributed by atoms with E-state index in [4.69, 9.17) is 16.6 Å². The Bertz CT molecular complexity index is 267. The summed E-state index contributed by atoms with van der Waals surface area (Å²) < 4.78 is 0. The van der Waals surface area contributed by atoms with Gasteiger partial charge in [0.15, 0.2) is 0 Å². The number of hydrogen-bond acceptors (Lipinski definition) is 4. The van der Waals surface area contributed by atoms with Crippen LogP contribution in [0, 0.1) is 0 Å². The molecule has 16 heavy (non-hydrogen) atoms. The first-order chi connectivity index (χ1) is 7.47. The predicted molar refractivity (Wildman–Crippen MR) is 56.3 cm³/mol. The normalized spacial score (nSPS) is 11.8. The van der Waals surface area contributed by atoms with Gasteiger partial charge in [0.2, 0.25) is 11.8 Å². The maximum absolute atomic E-state index is 11.2. The topological polar surface area (TPSA) is 136 Å². The van der Waals surface area contributed by atoms with Gasteiger partial charge >= 0.3 is 5.97 Å². The van der Waals surface area contributed by atoms with E-state index in [2.05, 4.69) is 5.32 Å². The molecular weight excluding hydrogens is 214 g/mol. The zero-order chi connectivity index (χ0) is 12.6. The maximum Gasteiger partial charge on any atom is 0.326 e. The van der Waals surface area contributed by atoms with Crippen molar-refractivity contribution in [2.45, 2.75) is 31.7 Å². The number of rotatable bonds is 8. The van der Waals surface area contributed by atoms with E-state index < -0.39 is 17.9 Å². The molecule has 0 bridgehead atoms. The lowest BCUT2D eigenvalue weighted by Gasteiger charge is -2.13. The average molecular weight is 231 g/mol. The molecule has 0 saturated carbocycles. The van der Waals surface area contributed by atoms with Gasteiger partial charge in [-0.1, -0.05) is 0 Å². The number of carbonyl (C=O) groups excluding carboxylic acids is 2. The lowest BCUT2D eigenvalue weighted by atomic mass is 10.1. The third-order valence-electron chi connectivity index (χ3n) is 1.92. The molecular formula is C9H17N3O4. The summed E-state index contributed by atoms with van der Waals surface area (Å²) in [6.07, 6.45) is 0.595. The van der Waals surface area contributed by atoms with Crippen LogP contribution in [-0.2, 0) is 14.4 Å². The maximum atomic E-state index is 11.2. The van der Waals surface area contributed by atoms with Crippen LogP contribution in [0.5, 0.6) is 0 Å². The molecule has 6 N–H and O–H groups in total. The van der Waals surface area contributed by atoms with E-state index in [1.807, 2.05) is 0 Å². The van der Waals surface area contributed by atoms with E-state index in [-0.39, 0.29) is 25.2 Å². The number of aliphatic carboxylic acids is 1. The largest absolute Gasteiger partial charge is 0.480 e. The van der Waals surface area contributed by atoms with Crippen molar-refractivity contribution in [1.82, 2.24) is 5.32 Å². The van der Waals surface area contributed by atoms with Crippen LogP contribution in [0.1, 0.15) is 25.7 Å². The van der Waals surface area contributed by atoms with Gasteiger partial charge in [0.1, 0.15) is 6.04 Å². The standard InChI is InChI=1S/C9H17N3O4/c10-5-1-2-8(14)12-6(9(15)16)3-4-7(11)13/h6H,1-5,10H2,(H2,11,13)(H,12,14)(H,15,16)/t6-/m0/s1. The second-order valence-corrected chi connectivity index (χ2v) is 3.36. The second kappa shape index (κ2) is 7.63. The fourth-order valence-electron chi connectivity index (χ4n) is 1.07. The van der Waals surface area contributed by atoms with Gasteiger partial charge in [-0.25, -0.2) is 4.79 Å².